The van der Waals surface area contributed by atoms with Crippen molar-refractivity contribution in [3.8, 4) is 0 Å². The Labute approximate surface area is 256 Å². The van der Waals surface area contributed by atoms with Crippen molar-refractivity contribution < 1.29 is 35.9 Å². The van der Waals surface area contributed by atoms with Crippen LogP contribution in [0.1, 0.15) is 54.7 Å². The van der Waals surface area contributed by atoms with E-state index in [0.29, 0.717) is 21.0 Å². The lowest BCUT2D eigenvalue weighted by Gasteiger charge is -2.36. The van der Waals surface area contributed by atoms with E-state index in [0.717, 1.165) is 0 Å². The van der Waals surface area contributed by atoms with Crippen LogP contribution in [0.4, 0.5) is 23.7 Å². The quantitative estimate of drug-likeness (QED) is 0.367. The summed E-state index contributed by atoms with van der Waals surface area (Å²) in [6.45, 7) is 6.93. The predicted molar refractivity (Wildman–Crippen MR) is 157 cm³/mol. The maximum Gasteiger partial charge on any atom is 0.416 e. The third-order valence-corrected chi connectivity index (χ3v) is 9.33. The number of sulfonamides is 1. The van der Waals surface area contributed by atoms with Gasteiger partial charge in [-0.1, -0.05) is 23.7 Å². The molecule has 0 atom stereocenters. The summed E-state index contributed by atoms with van der Waals surface area (Å²) in [5.41, 5.74) is 3.62. The Balaban J connectivity index is 1.95. The molecule has 0 spiro atoms. The molecule has 0 saturated carbocycles. The topological polar surface area (TPSA) is 113 Å². The second-order valence-corrected chi connectivity index (χ2v) is 14.2. The Hall–Kier alpha value is -2.55. The number of amides is 2. The lowest BCUT2D eigenvalue weighted by atomic mass is 9.99. The van der Waals surface area contributed by atoms with Crippen molar-refractivity contribution in [3.05, 3.63) is 62.1 Å². The first-order chi connectivity index (χ1) is 19.3. The molecule has 1 aliphatic heterocycles. The summed E-state index contributed by atoms with van der Waals surface area (Å²) in [7, 11) is -4.22. The Kier molecular flexibility index (Phi) is 10.5. The Bertz CT molecular complexity index is 1440. The van der Waals surface area contributed by atoms with Crippen LogP contribution in [0, 0.1) is 0 Å². The minimum absolute atomic E-state index is 0.160. The summed E-state index contributed by atoms with van der Waals surface area (Å²) in [5, 5.41) is 0.298. The zero-order valence-corrected chi connectivity index (χ0v) is 26.8. The number of carbonyl (C=O) groups is 2. The summed E-state index contributed by atoms with van der Waals surface area (Å²) in [6.07, 6.45) is -5.39. The number of hydrogen-bond acceptors (Lipinski definition) is 7. The van der Waals surface area contributed by atoms with Crippen LogP contribution >= 0.6 is 27.5 Å². The summed E-state index contributed by atoms with van der Waals surface area (Å²) >= 11 is 9.16. The molecule has 1 aliphatic rings. The van der Waals surface area contributed by atoms with Gasteiger partial charge in [0.05, 0.1) is 29.1 Å². The Morgan fingerprint density at radius 3 is 2.26 bits per heavy atom. The third kappa shape index (κ3) is 8.29. The molecule has 3 rings (SSSR count). The van der Waals surface area contributed by atoms with Gasteiger partial charge < -0.3 is 15.4 Å². The molecule has 15 heteroatoms. The molecule has 0 unspecified atom stereocenters. The number of alkyl halides is 3. The van der Waals surface area contributed by atoms with E-state index < -0.39 is 57.2 Å². The number of halogens is 5. The van der Waals surface area contributed by atoms with E-state index in [1.807, 2.05) is 0 Å². The minimum Gasteiger partial charge on any atom is -0.444 e. The molecule has 2 aromatic rings. The van der Waals surface area contributed by atoms with E-state index in [1.165, 1.54) is 17.9 Å². The predicted octanol–water partition coefficient (Wildman–Crippen LogP) is 5.75. The van der Waals surface area contributed by atoms with Gasteiger partial charge in [-0.25, -0.2) is 17.5 Å². The average molecular weight is 698 g/mol. The van der Waals surface area contributed by atoms with Gasteiger partial charge in [-0.2, -0.15) is 13.2 Å². The van der Waals surface area contributed by atoms with Crippen molar-refractivity contribution in [1.82, 2.24) is 14.1 Å². The lowest BCUT2D eigenvalue weighted by Crippen LogP contribution is -2.49. The highest BCUT2D eigenvalue weighted by Crippen LogP contribution is 2.41. The average Bonchev–Trinajstić information content (AvgIpc) is 2.88. The van der Waals surface area contributed by atoms with Gasteiger partial charge in [0.25, 0.3) is 5.91 Å². The standard InChI is InChI=1S/C27H33BrClF3N4O5S/c1-5-42(39,40)36(15-17-7-6-8-18(29)13-17)24(37)19-14-21(27(30,31)32)20(22(28)23(19)33)16-34-9-11-35(12-10-34)25(38)41-26(2,3)4/h6-8,13-14H,5,9-12,15-16,33H2,1-4H3. The van der Waals surface area contributed by atoms with Crippen LogP contribution < -0.4 is 5.73 Å². The monoisotopic (exact) mass is 696 g/mol. The summed E-state index contributed by atoms with van der Waals surface area (Å²) in [6, 6.07) is 6.73. The number of ether oxygens (including phenoxy) is 1. The number of piperazine rings is 1. The molecule has 1 saturated heterocycles. The number of rotatable bonds is 7. The molecule has 0 aliphatic carbocycles. The molecular weight excluding hydrogens is 665 g/mol. The molecule has 0 radical (unpaired) electrons. The van der Waals surface area contributed by atoms with E-state index in [-0.39, 0.29) is 48.4 Å². The number of carbonyl (C=O) groups excluding carboxylic acids is 2. The van der Waals surface area contributed by atoms with Gasteiger partial charge in [-0.3, -0.25) is 9.69 Å². The van der Waals surface area contributed by atoms with E-state index in [1.54, 1.807) is 43.9 Å². The van der Waals surface area contributed by atoms with Gasteiger partial charge in [0.1, 0.15) is 5.60 Å². The Morgan fingerprint density at radius 1 is 1.12 bits per heavy atom. The van der Waals surface area contributed by atoms with Gasteiger partial charge in [-0.15, -0.1) is 0 Å². The van der Waals surface area contributed by atoms with Crippen molar-refractivity contribution in [2.75, 3.05) is 37.7 Å². The molecule has 1 fully saturated rings. The first kappa shape index (κ1) is 33.9. The molecule has 0 bridgehead atoms. The fourth-order valence-electron chi connectivity index (χ4n) is 4.32. The van der Waals surface area contributed by atoms with Gasteiger partial charge in [0.15, 0.2) is 0 Å². The number of hydrogen-bond donors (Lipinski definition) is 1. The fourth-order valence-corrected chi connectivity index (χ4v) is 6.09. The molecule has 0 aromatic heterocycles. The first-order valence-electron chi connectivity index (χ1n) is 13.0. The first-order valence-corrected chi connectivity index (χ1v) is 15.8. The molecule has 2 N–H and O–H groups in total. The highest BCUT2D eigenvalue weighted by atomic mass is 79.9. The van der Waals surface area contributed by atoms with Crippen LogP contribution in [0.5, 0.6) is 0 Å². The Morgan fingerprint density at radius 2 is 1.74 bits per heavy atom. The van der Waals surface area contributed by atoms with Crippen LogP contribution in [0.25, 0.3) is 0 Å². The summed E-state index contributed by atoms with van der Waals surface area (Å²) < 4.78 is 74.7. The smallest absolute Gasteiger partial charge is 0.416 e. The van der Waals surface area contributed by atoms with E-state index in [2.05, 4.69) is 15.9 Å². The normalized spacial score (nSPS) is 15.0. The van der Waals surface area contributed by atoms with Crippen molar-refractivity contribution in [2.24, 2.45) is 0 Å². The van der Waals surface area contributed by atoms with Crippen LogP contribution in [0.3, 0.4) is 0 Å². The van der Waals surface area contributed by atoms with Crippen LogP contribution in [-0.2, 0) is 34.0 Å². The van der Waals surface area contributed by atoms with Gasteiger partial charge in [0, 0.05) is 42.2 Å². The lowest BCUT2D eigenvalue weighted by molar-refractivity contribution is -0.138. The molecule has 2 amide bonds. The third-order valence-electron chi connectivity index (χ3n) is 6.49. The van der Waals surface area contributed by atoms with Crippen LogP contribution in [0.2, 0.25) is 5.02 Å². The number of benzene rings is 2. The van der Waals surface area contributed by atoms with Gasteiger partial charge in [-0.05, 0) is 73.0 Å². The molecule has 232 valence electrons. The number of nitrogen functional groups attached to an aromatic ring is 1. The molecule has 1 heterocycles. The SMILES string of the molecule is CCS(=O)(=O)N(Cc1cccc(Cl)c1)C(=O)c1cc(C(F)(F)F)c(CN2CCN(C(=O)OC(C)(C)C)CC2)c(Br)c1N. The van der Waals surface area contributed by atoms with E-state index >= 15 is 0 Å². The zero-order chi connectivity index (χ0) is 31.6. The summed E-state index contributed by atoms with van der Waals surface area (Å²) in [4.78, 5) is 29.2. The second kappa shape index (κ2) is 13.0. The van der Waals surface area contributed by atoms with Crippen molar-refractivity contribution in [3.63, 3.8) is 0 Å². The molecule has 2 aromatic carbocycles. The fraction of sp³-hybridized carbons (Fsp3) is 0.481. The van der Waals surface area contributed by atoms with Gasteiger partial charge >= 0.3 is 12.3 Å². The maximum atomic E-state index is 14.4. The van der Waals surface area contributed by atoms with E-state index in [4.69, 9.17) is 22.1 Å². The molecular formula is C27H33BrClF3N4O5S. The second-order valence-electron chi connectivity index (χ2n) is 10.8. The van der Waals surface area contributed by atoms with Crippen molar-refractivity contribution in [1.29, 1.82) is 0 Å². The van der Waals surface area contributed by atoms with Crippen LogP contribution in [0.15, 0.2) is 34.8 Å². The highest BCUT2D eigenvalue weighted by molar-refractivity contribution is 9.10. The number of anilines is 1. The largest absolute Gasteiger partial charge is 0.444 e. The maximum absolute atomic E-state index is 14.4. The van der Waals surface area contributed by atoms with Gasteiger partial charge in [0.2, 0.25) is 10.0 Å². The van der Waals surface area contributed by atoms with Crippen LogP contribution in [-0.4, -0.2) is 72.1 Å². The molecule has 9 nitrogen and oxygen atoms in total. The molecule has 42 heavy (non-hydrogen) atoms. The minimum atomic E-state index is -4.89. The van der Waals surface area contributed by atoms with Crippen molar-refractivity contribution in [2.45, 2.75) is 52.6 Å². The number of nitrogens with zero attached hydrogens (tertiary/aromatic N) is 3. The zero-order valence-electron chi connectivity index (χ0n) is 23.6. The number of nitrogens with two attached hydrogens (primary N) is 1. The highest BCUT2D eigenvalue weighted by Gasteiger charge is 2.39. The summed E-state index contributed by atoms with van der Waals surface area (Å²) in [5.74, 6) is -1.67. The van der Waals surface area contributed by atoms with E-state index in [9.17, 15) is 31.2 Å². The van der Waals surface area contributed by atoms with Crippen molar-refractivity contribution >= 4 is 55.2 Å².